The van der Waals surface area contributed by atoms with E-state index in [1.807, 2.05) is 0 Å². The Morgan fingerprint density at radius 2 is 1.66 bits per heavy atom. The number of carbonyl (C=O) groups is 2. The molecule has 9 heteroatoms. The lowest BCUT2D eigenvalue weighted by Gasteiger charge is -2.21. The molecule has 156 valence electrons. The lowest BCUT2D eigenvalue weighted by molar-refractivity contribution is -0.119. The number of ether oxygens (including phenoxy) is 1. The lowest BCUT2D eigenvalue weighted by atomic mass is 10.2. The molecule has 8 nitrogen and oxygen atoms in total. The number of methoxy groups -OCH3 is 1. The van der Waals surface area contributed by atoms with E-state index in [9.17, 15) is 18.0 Å². The molecule has 0 aromatic heterocycles. The van der Waals surface area contributed by atoms with Gasteiger partial charge >= 0.3 is 0 Å². The molecule has 0 aliphatic heterocycles. The molecular weight excluding hydrogens is 394 g/mol. The molecule has 2 aromatic rings. The number of anilines is 2. The first-order valence-electron chi connectivity index (χ1n) is 8.93. The second-order valence-electron chi connectivity index (χ2n) is 6.66. The summed E-state index contributed by atoms with van der Waals surface area (Å²) >= 11 is 0. The topological polar surface area (TPSA) is 105 Å². The van der Waals surface area contributed by atoms with Crippen molar-refractivity contribution in [3.05, 3.63) is 54.1 Å². The third-order valence-electron chi connectivity index (χ3n) is 4.18. The minimum absolute atomic E-state index is 0.0435. The minimum atomic E-state index is -3.70. The summed E-state index contributed by atoms with van der Waals surface area (Å²) in [4.78, 5) is 24.3. The first-order valence-corrected chi connectivity index (χ1v) is 10.4. The molecular formula is C20H25N3O5S. The maximum atomic E-state index is 12.7. The predicted molar refractivity (Wildman–Crippen MR) is 111 cm³/mol. The molecule has 0 bridgehead atoms. The van der Waals surface area contributed by atoms with Crippen molar-refractivity contribution >= 4 is 33.2 Å². The number of rotatable bonds is 8. The molecule has 0 fully saturated rings. The molecule has 2 amide bonds. The molecule has 2 rings (SSSR count). The SMILES string of the molecule is COCC(=O)Nc1cccc(NC(=O)c2cccc(S(=O)(=O)N(C)C(C)C)c2)c1. The summed E-state index contributed by atoms with van der Waals surface area (Å²) in [6, 6.07) is 12.3. The number of hydrogen-bond acceptors (Lipinski definition) is 5. The first kappa shape index (κ1) is 22.5. The van der Waals surface area contributed by atoms with Gasteiger partial charge in [-0.3, -0.25) is 9.59 Å². The monoisotopic (exact) mass is 419 g/mol. The Labute approximate surface area is 170 Å². The van der Waals surface area contributed by atoms with Crippen LogP contribution in [-0.4, -0.2) is 51.3 Å². The van der Waals surface area contributed by atoms with Crippen LogP contribution < -0.4 is 10.6 Å². The molecule has 0 spiro atoms. The molecule has 0 aliphatic rings. The Bertz CT molecular complexity index is 989. The van der Waals surface area contributed by atoms with E-state index in [0.717, 1.165) is 0 Å². The fraction of sp³-hybridized carbons (Fsp3) is 0.300. The van der Waals surface area contributed by atoms with Gasteiger partial charge in [0.05, 0.1) is 4.90 Å². The van der Waals surface area contributed by atoms with E-state index < -0.39 is 15.9 Å². The highest BCUT2D eigenvalue weighted by molar-refractivity contribution is 7.89. The third-order valence-corrected chi connectivity index (χ3v) is 6.21. The number of carbonyl (C=O) groups excluding carboxylic acids is 2. The van der Waals surface area contributed by atoms with Crippen molar-refractivity contribution in [2.45, 2.75) is 24.8 Å². The highest BCUT2D eigenvalue weighted by Gasteiger charge is 2.24. The summed E-state index contributed by atoms with van der Waals surface area (Å²) in [5, 5.41) is 5.35. The van der Waals surface area contributed by atoms with Gasteiger partial charge in [-0.2, -0.15) is 4.31 Å². The largest absolute Gasteiger partial charge is 0.375 e. The van der Waals surface area contributed by atoms with E-state index in [1.54, 1.807) is 38.1 Å². The van der Waals surface area contributed by atoms with Crippen LogP contribution >= 0.6 is 0 Å². The predicted octanol–water partition coefficient (Wildman–Crippen LogP) is 2.55. The van der Waals surface area contributed by atoms with Crippen molar-refractivity contribution in [1.29, 1.82) is 0 Å². The third kappa shape index (κ3) is 5.86. The van der Waals surface area contributed by atoms with Crippen LogP contribution in [0.2, 0.25) is 0 Å². The quantitative estimate of drug-likeness (QED) is 0.684. The van der Waals surface area contributed by atoms with Crippen molar-refractivity contribution in [2.24, 2.45) is 0 Å². The van der Waals surface area contributed by atoms with Gasteiger partial charge in [0.1, 0.15) is 6.61 Å². The summed E-state index contributed by atoms with van der Waals surface area (Å²) < 4.78 is 31.3. The van der Waals surface area contributed by atoms with Gasteiger partial charge in [0.2, 0.25) is 15.9 Å². The van der Waals surface area contributed by atoms with Crippen molar-refractivity contribution in [3.63, 3.8) is 0 Å². The summed E-state index contributed by atoms with van der Waals surface area (Å²) in [5.41, 5.74) is 1.16. The average Bonchev–Trinajstić information content (AvgIpc) is 2.67. The number of nitrogens with zero attached hydrogens (tertiary/aromatic N) is 1. The Hall–Kier alpha value is -2.75. The fourth-order valence-electron chi connectivity index (χ4n) is 2.45. The summed E-state index contributed by atoms with van der Waals surface area (Å²) in [5.74, 6) is -0.780. The molecule has 0 unspecified atom stereocenters. The van der Waals surface area contributed by atoms with E-state index in [1.165, 1.54) is 42.7 Å². The van der Waals surface area contributed by atoms with Gasteiger partial charge in [0.25, 0.3) is 5.91 Å². The number of hydrogen-bond donors (Lipinski definition) is 2. The molecule has 0 aliphatic carbocycles. The Kier molecular flexibility index (Phi) is 7.49. The van der Waals surface area contributed by atoms with Crippen LogP contribution in [0.1, 0.15) is 24.2 Å². The fourth-order valence-corrected chi connectivity index (χ4v) is 3.86. The minimum Gasteiger partial charge on any atom is -0.375 e. The molecule has 29 heavy (non-hydrogen) atoms. The molecule has 0 saturated carbocycles. The molecule has 0 atom stereocenters. The van der Waals surface area contributed by atoms with E-state index in [2.05, 4.69) is 10.6 Å². The number of amides is 2. The van der Waals surface area contributed by atoms with Crippen molar-refractivity contribution in [2.75, 3.05) is 31.4 Å². The number of nitrogens with one attached hydrogen (secondary N) is 2. The molecule has 0 radical (unpaired) electrons. The van der Waals surface area contributed by atoms with Gasteiger partial charge in [-0.25, -0.2) is 8.42 Å². The molecule has 2 N–H and O–H groups in total. The van der Waals surface area contributed by atoms with Crippen LogP contribution in [0.3, 0.4) is 0 Å². The normalized spacial score (nSPS) is 11.5. The second kappa shape index (κ2) is 9.64. The second-order valence-corrected chi connectivity index (χ2v) is 8.66. The van der Waals surface area contributed by atoms with Crippen LogP contribution in [0.5, 0.6) is 0 Å². The van der Waals surface area contributed by atoms with E-state index in [0.29, 0.717) is 11.4 Å². The summed E-state index contributed by atoms with van der Waals surface area (Å²) in [6.07, 6.45) is 0. The summed E-state index contributed by atoms with van der Waals surface area (Å²) in [6.45, 7) is 3.46. The van der Waals surface area contributed by atoms with Crippen molar-refractivity contribution in [1.82, 2.24) is 4.31 Å². The zero-order valence-corrected chi connectivity index (χ0v) is 17.6. The van der Waals surface area contributed by atoms with Gasteiger partial charge in [-0.15, -0.1) is 0 Å². The van der Waals surface area contributed by atoms with Crippen LogP contribution in [-0.2, 0) is 19.6 Å². The lowest BCUT2D eigenvalue weighted by Crippen LogP contribution is -2.33. The molecule has 0 heterocycles. The smallest absolute Gasteiger partial charge is 0.255 e. The number of sulfonamides is 1. The average molecular weight is 420 g/mol. The molecule has 0 saturated heterocycles. The van der Waals surface area contributed by atoms with Crippen molar-refractivity contribution in [3.8, 4) is 0 Å². The van der Waals surface area contributed by atoms with Crippen LogP contribution in [0.4, 0.5) is 11.4 Å². The van der Waals surface area contributed by atoms with Gasteiger partial charge in [-0.1, -0.05) is 12.1 Å². The van der Waals surface area contributed by atoms with Gasteiger partial charge < -0.3 is 15.4 Å². The van der Waals surface area contributed by atoms with Crippen LogP contribution in [0.15, 0.2) is 53.4 Å². The maximum Gasteiger partial charge on any atom is 0.255 e. The van der Waals surface area contributed by atoms with Crippen LogP contribution in [0, 0.1) is 0 Å². The summed E-state index contributed by atoms with van der Waals surface area (Å²) in [7, 11) is -0.783. The van der Waals surface area contributed by atoms with E-state index in [-0.39, 0.29) is 29.0 Å². The highest BCUT2D eigenvalue weighted by atomic mass is 32.2. The standard InChI is InChI=1S/C20H25N3O5S/c1-14(2)23(3)29(26,27)18-10-5-7-15(11-18)20(25)22-17-9-6-8-16(12-17)21-19(24)13-28-4/h5-12,14H,13H2,1-4H3,(H,21,24)(H,22,25). The van der Waals surface area contributed by atoms with Gasteiger partial charge in [0, 0.05) is 37.1 Å². The first-order chi connectivity index (χ1) is 13.6. The van der Waals surface area contributed by atoms with E-state index >= 15 is 0 Å². The Balaban J connectivity index is 2.19. The van der Waals surface area contributed by atoms with Crippen LogP contribution in [0.25, 0.3) is 0 Å². The van der Waals surface area contributed by atoms with Gasteiger partial charge in [-0.05, 0) is 50.2 Å². The highest BCUT2D eigenvalue weighted by Crippen LogP contribution is 2.20. The van der Waals surface area contributed by atoms with Crippen molar-refractivity contribution < 1.29 is 22.7 Å². The maximum absolute atomic E-state index is 12.7. The molecule has 2 aromatic carbocycles. The number of benzene rings is 2. The Morgan fingerprint density at radius 1 is 1.03 bits per heavy atom. The van der Waals surface area contributed by atoms with Gasteiger partial charge in [0.15, 0.2) is 0 Å². The zero-order valence-electron chi connectivity index (χ0n) is 16.8. The van der Waals surface area contributed by atoms with E-state index in [4.69, 9.17) is 4.74 Å². The zero-order chi connectivity index (χ0) is 21.6. The Morgan fingerprint density at radius 3 is 2.28 bits per heavy atom.